The number of unbranched alkanes of at least 4 members (excludes halogenated alkanes) is 2. The zero-order chi connectivity index (χ0) is 19.3. The first kappa shape index (κ1) is 19.9. The number of fused-ring (bicyclic) bond motifs is 1. The summed E-state index contributed by atoms with van der Waals surface area (Å²) in [7, 11) is 0. The number of carbonyl (C=O) groups is 3. The minimum atomic E-state index is -0.663. The van der Waals surface area contributed by atoms with Gasteiger partial charge < -0.3 is 10.4 Å². The second-order valence-electron chi connectivity index (χ2n) is 7.61. The van der Waals surface area contributed by atoms with Crippen molar-refractivity contribution in [1.29, 1.82) is 0 Å². The van der Waals surface area contributed by atoms with Crippen LogP contribution in [0, 0.1) is 5.41 Å². The number of aliphatic hydroxyl groups excluding tert-OH is 1. The molecule has 0 aromatic heterocycles. The van der Waals surface area contributed by atoms with Gasteiger partial charge in [0.1, 0.15) is 5.76 Å². The highest BCUT2D eigenvalue weighted by molar-refractivity contribution is 6.52. The fourth-order valence-corrected chi connectivity index (χ4v) is 3.08. The van der Waals surface area contributed by atoms with E-state index in [4.69, 9.17) is 0 Å². The summed E-state index contributed by atoms with van der Waals surface area (Å²) in [6.07, 6.45) is 3.64. The molecule has 0 saturated carbocycles. The summed E-state index contributed by atoms with van der Waals surface area (Å²) in [5, 5.41) is 13.4. The fourth-order valence-electron chi connectivity index (χ4n) is 3.08. The number of Topliss-reactive ketones (excluding diaryl/α,β-unsaturated/α-hetero) is 2. The van der Waals surface area contributed by atoms with Crippen LogP contribution in [0.5, 0.6) is 0 Å². The maximum atomic E-state index is 12.4. The zero-order valence-corrected chi connectivity index (χ0v) is 15.7. The Labute approximate surface area is 154 Å². The van der Waals surface area contributed by atoms with Gasteiger partial charge in [-0.15, -0.1) is 0 Å². The molecule has 0 radical (unpaired) electrons. The van der Waals surface area contributed by atoms with Gasteiger partial charge in [-0.3, -0.25) is 14.4 Å². The standard InChI is InChI=1S/C21H27NO4/c1-4-5-6-11-17(23)22-13-21(2,3)12-16-18(24)14-9-7-8-10-15(14)19(25)20(16)26/h7-10,24H,4-6,11-13H2,1-3H3,(H,22,23). The molecule has 1 aliphatic rings. The van der Waals surface area contributed by atoms with Crippen LogP contribution in [0.2, 0.25) is 0 Å². The first-order valence-electron chi connectivity index (χ1n) is 9.14. The molecule has 0 bridgehead atoms. The summed E-state index contributed by atoms with van der Waals surface area (Å²) in [6.45, 7) is 6.26. The number of hydrogen-bond donors (Lipinski definition) is 2. The maximum Gasteiger partial charge on any atom is 0.234 e. The number of carbonyl (C=O) groups excluding carboxylic acids is 3. The summed E-state index contributed by atoms with van der Waals surface area (Å²) >= 11 is 0. The summed E-state index contributed by atoms with van der Waals surface area (Å²) in [5.41, 5.74) is 0.289. The van der Waals surface area contributed by atoms with Gasteiger partial charge in [0.05, 0.1) is 0 Å². The van der Waals surface area contributed by atoms with Gasteiger partial charge in [0, 0.05) is 29.7 Å². The minimum Gasteiger partial charge on any atom is -0.507 e. The first-order chi connectivity index (χ1) is 12.3. The topological polar surface area (TPSA) is 83.5 Å². The van der Waals surface area contributed by atoms with Crippen LogP contribution < -0.4 is 5.32 Å². The molecule has 2 N–H and O–H groups in total. The van der Waals surface area contributed by atoms with Crippen molar-refractivity contribution in [3.63, 3.8) is 0 Å². The number of rotatable bonds is 8. The van der Waals surface area contributed by atoms with Gasteiger partial charge in [0.15, 0.2) is 0 Å². The largest absolute Gasteiger partial charge is 0.507 e. The third-order valence-corrected chi connectivity index (χ3v) is 4.62. The van der Waals surface area contributed by atoms with Gasteiger partial charge >= 0.3 is 0 Å². The van der Waals surface area contributed by atoms with Crippen molar-refractivity contribution in [3.05, 3.63) is 41.0 Å². The molecule has 0 heterocycles. The average molecular weight is 357 g/mol. The van der Waals surface area contributed by atoms with Crippen LogP contribution in [0.4, 0.5) is 0 Å². The molecule has 1 aromatic rings. The normalized spacial score (nSPS) is 14.4. The van der Waals surface area contributed by atoms with E-state index in [2.05, 4.69) is 12.2 Å². The Balaban J connectivity index is 2.09. The van der Waals surface area contributed by atoms with Crippen molar-refractivity contribution >= 4 is 23.2 Å². The number of nitrogens with one attached hydrogen (secondary N) is 1. The lowest BCUT2D eigenvalue weighted by Gasteiger charge is -2.28. The number of ketones is 2. The minimum absolute atomic E-state index is 0.0129. The molecular weight excluding hydrogens is 330 g/mol. The molecule has 2 rings (SSSR count). The number of aliphatic hydroxyl groups is 1. The summed E-state index contributed by atoms with van der Waals surface area (Å²) in [5.74, 6) is -1.40. The number of amides is 1. The maximum absolute atomic E-state index is 12.4. The van der Waals surface area contributed by atoms with E-state index in [0.29, 0.717) is 18.5 Å². The Kier molecular flexibility index (Phi) is 6.35. The quantitative estimate of drug-likeness (QED) is 0.547. The predicted octanol–water partition coefficient (Wildman–Crippen LogP) is 3.83. The highest BCUT2D eigenvalue weighted by Gasteiger charge is 2.35. The fraction of sp³-hybridized carbons (Fsp3) is 0.476. The van der Waals surface area contributed by atoms with E-state index in [-0.39, 0.29) is 29.2 Å². The molecule has 26 heavy (non-hydrogen) atoms. The highest BCUT2D eigenvalue weighted by atomic mass is 16.3. The predicted molar refractivity (Wildman–Crippen MR) is 101 cm³/mol. The molecule has 0 aliphatic heterocycles. The number of hydrogen-bond acceptors (Lipinski definition) is 4. The molecule has 0 fully saturated rings. The van der Waals surface area contributed by atoms with Crippen LogP contribution >= 0.6 is 0 Å². The van der Waals surface area contributed by atoms with Crippen LogP contribution in [-0.2, 0) is 9.59 Å². The van der Waals surface area contributed by atoms with Crippen molar-refractivity contribution in [2.75, 3.05) is 6.54 Å². The van der Waals surface area contributed by atoms with Gasteiger partial charge in [-0.1, -0.05) is 57.9 Å². The van der Waals surface area contributed by atoms with Crippen LogP contribution in [-0.4, -0.2) is 29.1 Å². The second kappa shape index (κ2) is 8.30. The Bertz CT molecular complexity index is 746. The molecule has 5 nitrogen and oxygen atoms in total. The monoisotopic (exact) mass is 357 g/mol. The molecule has 0 saturated heterocycles. The van der Waals surface area contributed by atoms with Crippen molar-refractivity contribution in [3.8, 4) is 0 Å². The van der Waals surface area contributed by atoms with Gasteiger partial charge in [-0.25, -0.2) is 0 Å². The van der Waals surface area contributed by atoms with E-state index in [9.17, 15) is 19.5 Å². The van der Waals surface area contributed by atoms with Crippen molar-refractivity contribution in [2.24, 2.45) is 5.41 Å². The van der Waals surface area contributed by atoms with Crippen LogP contribution in [0.1, 0.15) is 68.8 Å². The molecule has 0 atom stereocenters. The summed E-state index contributed by atoms with van der Waals surface area (Å²) < 4.78 is 0. The molecule has 5 heteroatoms. The molecule has 1 aromatic carbocycles. The number of allylic oxidation sites excluding steroid dienone is 1. The molecule has 1 amide bonds. The lowest BCUT2D eigenvalue weighted by atomic mass is 9.79. The smallest absolute Gasteiger partial charge is 0.234 e. The lowest BCUT2D eigenvalue weighted by molar-refractivity contribution is -0.121. The van der Waals surface area contributed by atoms with Gasteiger partial charge in [-0.2, -0.15) is 0 Å². The molecular formula is C21H27NO4. The van der Waals surface area contributed by atoms with Crippen LogP contribution in [0.3, 0.4) is 0 Å². The van der Waals surface area contributed by atoms with E-state index in [1.807, 2.05) is 13.8 Å². The van der Waals surface area contributed by atoms with Crippen LogP contribution in [0.15, 0.2) is 29.8 Å². The first-order valence-corrected chi connectivity index (χ1v) is 9.14. The van der Waals surface area contributed by atoms with E-state index >= 15 is 0 Å². The average Bonchev–Trinajstić information content (AvgIpc) is 2.62. The Morgan fingerprint density at radius 2 is 1.73 bits per heavy atom. The van der Waals surface area contributed by atoms with E-state index in [1.54, 1.807) is 24.3 Å². The Morgan fingerprint density at radius 3 is 2.38 bits per heavy atom. The summed E-state index contributed by atoms with van der Waals surface area (Å²) in [6, 6.07) is 6.57. The SMILES string of the molecule is CCCCCC(=O)NCC(C)(C)CC1=C(O)c2ccccc2C(=O)C1=O. The Morgan fingerprint density at radius 1 is 1.08 bits per heavy atom. The lowest BCUT2D eigenvalue weighted by Crippen LogP contribution is -2.36. The van der Waals surface area contributed by atoms with Gasteiger partial charge in [0.25, 0.3) is 0 Å². The van der Waals surface area contributed by atoms with Crippen molar-refractivity contribution < 1.29 is 19.5 Å². The second-order valence-corrected chi connectivity index (χ2v) is 7.61. The third-order valence-electron chi connectivity index (χ3n) is 4.62. The summed E-state index contributed by atoms with van der Waals surface area (Å²) in [4.78, 5) is 36.6. The number of benzene rings is 1. The third kappa shape index (κ3) is 4.59. The molecule has 1 aliphatic carbocycles. The molecule has 0 unspecified atom stereocenters. The van der Waals surface area contributed by atoms with Crippen LogP contribution in [0.25, 0.3) is 5.76 Å². The molecule has 0 spiro atoms. The van der Waals surface area contributed by atoms with E-state index in [0.717, 1.165) is 19.3 Å². The van der Waals surface area contributed by atoms with Crippen molar-refractivity contribution in [1.82, 2.24) is 5.32 Å². The highest BCUT2D eigenvalue weighted by Crippen LogP contribution is 2.34. The van der Waals surface area contributed by atoms with Gasteiger partial charge in [-0.05, 0) is 18.3 Å². The van der Waals surface area contributed by atoms with E-state index in [1.165, 1.54) is 0 Å². The van der Waals surface area contributed by atoms with E-state index < -0.39 is 17.0 Å². The van der Waals surface area contributed by atoms with Gasteiger partial charge in [0.2, 0.25) is 17.5 Å². The Hall–Kier alpha value is -2.43. The molecule has 140 valence electrons. The zero-order valence-electron chi connectivity index (χ0n) is 15.7. The van der Waals surface area contributed by atoms with Crippen molar-refractivity contribution in [2.45, 2.75) is 52.9 Å².